The molecule has 172 valence electrons. The third-order valence-corrected chi connectivity index (χ3v) is 5.90. The number of carbonyl (C=O) groups excluding carboxylic acids is 2. The minimum absolute atomic E-state index is 0.0688. The number of hydrogen-bond donors (Lipinski definition) is 2. The molecule has 1 aromatic heterocycles. The van der Waals surface area contributed by atoms with Gasteiger partial charge in [0.05, 0.1) is 17.8 Å². The van der Waals surface area contributed by atoms with Crippen molar-refractivity contribution in [1.29, 1.82) is 0 Å². The number of aromatic nitrogens is 2. The molecule has 2 heterocycles. The van der Waals surface area contributed by atoms with E-state index in [0.717, 1.165) is 25.3 Å². The van der Waals surface area contributed by atoms with Crippen molar-refractivity contribution in [3.63, 3.8) is 0 Å². The second-order valence-electron chi connectivity index (χ2n) is 7.96. The number of amides is 2. The van der Waals surface area contributed by atoms with Crippen LogP contribution >= 0.6 is 0 Å². The van der Waals surface area contributed by atoms with Gasteiger partial charge < -0.3 is 20.4 Å². The molecule has 9 nitrogen and oxygen atoms in total. The lowest BCUT2D eigenvalue weighted by Gasteiger charge is -2.18. The lowest BCUT2D eigenvalue weighted by atomic mass is 10.1. The number of likely N-dealkylation sites (N-methyl/N-ethyl adjacent to an activating group) is 1. The van der Waals surface area contributed by atoms with Gasteiger partial charge in [0.15, 0.2) is 0 Å². The molecular formula is C23H32N6O3. The van der Waals surface area contributed by atoms with Crippen LogP contribution in [-0.2, 0) is 11.8 Å². The summed E-state index contributed by atoms with van der Waals surface area (Å²) >= 11 is 0. The minimum Gasteiger partial charge on any atom is -0.369 e. The Morgan fingerprint density at radius 3 is 2.56 bits per heavy atom. The normalized spacial score (nSPS) is 15.8. The fraction of sp³-hybridized carbons (Fsp3) is 0.478. The first-order valence-electron chi connectivity index (χ1n) is 11.1. The van der Waals surface area contributed by atoms with Crippen LogP contribution in [0.25, 0.3) is 0 Å². The average Bonchev–Trinajstić information content (AvgIpc) is 3.29. The maximum absolute atomic E-state index is 12.7. The van der Waals surface area contributed by atoms with Crippen molar-refractivity contribution in [2.75, 3.05) is 49.5 Å². The van der Waals surface area contributed by atoms with Gasteiger partial charge in [-0.1, -0.05) is 13.8 Å². The molecule has 1 aliphatic heterocycles. The van der Waals surface area contributed by atoms with Crippen molar-refractivity contribution in [2.24, 2.45) is 13.0 Å². The standard InChI is InChI=1S/C23H32N6O3/c1-4-28(5-2)13-11-24-22(31)17-6-8-19(9-7-17)26-23(32)18-10-12-29(16-18)20-14-21(30)27(3)25-15-20/h6-9,14-15,18H,4-5,10-13,16H2,1-3H3,(H,24,31)(H,26,32). The first-order chi connectivity index (χ1) is 15.4. The fourth-order valence-electron chi connectivity index (χ4n) is 3.76. The van der Waals surface area contributed by atoms with Crippen molar-refractivity contribution in [3.05, 3.63) is 52.4 Å². The molecule has 32 heavy (non-hydrogen) atoms. The summed E-state index contributed by atoms with van der Waals surface area (Å²) in [6.45, 7) is 8.76. The van der Waals surface area contributed by atoms with E-state index in [2.05, 4.69) is 34.5 Å². The molecular weight excluding hydrogens is 408 g/mol. The summed E-state index contributed by atoms with van der Waals surface area (Å²) in [7, 11) is 1.60. The third-order valence-electron chi connectivity index (χ3n) is 5.90. The Labute approximate surface area is 188 Å². The Morgan fingerprint density at radius 1 is 1.19 bits per heavy atom. The van der Waals surface area contributed by atoms with E-state index in [1.54, 1.807) is 43.6 Å². The maximum atomic E-state index is 12.7. The van der Waals surface area contributed by atoms with Gasteiger partial charge in [0.1, 0.15) is 0 Å². The average molecular weight is 441 g/mol. The van der Waals surface area contributed by atoms with E-state index < -0.39 is 0 Å². The Bertz CT molecular complexity index is 984. The van der Waals surface area contributed by atoms with Crippen LogP contribution in [0.2, 0.25) is 0 Å². The number of anilines is 2. The van der Waals surface area contributed by atoms with E-state index in [1.165, 1.54) is 4.68 Å². The van der Waals surface area contributed by atoms with Gasteiger partial charge in [0.2, 0.25) is 5.91 Å². The molecule has 0 radical (unpaired) electrons. The quantitative estimate of drug-likeness (QED) is 0.610. The molecule has 0 bridgehead atoms. The van der Waals surface area contributed by atoms with Gasteiger partial charge in [-0.3, -0.25) is 14.4 Å². The summed E-state index contributed by atoms with van der Waals surface area (Å²) in [4.78, 5) is 41.1. The van der Waals surface area contributed by atoms with Crippen LogP contribution in [0.4, 0.5) is 11.4 Å². The van der Waals surface area contributed by atoms with Gasteiger partial charge >= 0.3 is 0 Å². The van der Waals surface area contributed by atoms with E-state index in [1.807, 2.05) is 4.90 Å². The summed E-state index contributed by atoms with van der Waals surface area (Å²) in [6.07, 6.45) is 2.35. The first-order valence-corrected chi connectivity index (χ1v) is 11.1. The summed E-state index contributed by atoms with van der Waals surface area (Å²) in [5.41, 5.74) is 1.78. The zero-order valence-electron chi connectivity index (χ0n) is 19.0. The highest BCUT2D eigenvalue weighted by atomic mass is 16.2. The van der Waals surface area contributed by atoms with Crippen LogP contribution in [0.3, 0.4) is 0 Å². The Hall–Kier alpha value is -3.20. The topological polar surface area (TPSA) is 99.6 Å². The van der Waals surface area contributed by atoms with Crippen LogP contribution in [0.15, 0.2) is 41.3 Å². The maximum Gasteiger partial charge on any atom is 0.268 e. The minimum atomic E-state index is -0.179. The first kappa shape index (κ1) is 23.5. The highest BCUT2D eigenvalue weighted by Crippen LogP contribution is 2.23. The van der Waals surface area contributed by atoms with E-state index in [0.29, 0.717) is 37.3 Å². The molecule has 0 aliphatic carbocycles. The smallest absolute Gasteiger partial charge is 0.268 e. The van der Waals surface area contributed by atoms with Crippen molar-refractivity contribution in [1.82, 2.24) is 20.0 Å². The molecule has 0 spiro atoms. The Morgan fingerprint density at radius 2 is 1.91 bits per heavy atom. The van der Waals surface area contributed by atoms with Crippen LogP contribution in [0.5, 0.6) is 0 Å². The number of hydrogen-bond acceptors (Lipinski definition) is 6. The molecule has 1 unspecified atom stereocenters. The second kappa shape index (κ2) is 10.9. The molecule has 1 fully saturated rings. The number of nitrogens with zero attached hydrogens (tertiary/aromatic N) is 4. The summed E-state index contributed by atoms with van der Waals surface area (Å²) in [5, 5.41) is 9.90. The molecule has 0 saturated carbocycles. The van der Waals surface area contributed by atoms with Crippen molar-refractivity contribution < 1.29 is 9.59 Å². The molecule has 1 atom stereocenters. The molecule has 2 amide bonds. The van der Waals surface area contributed by atoms with Crippen LogP contribution in [0, 0.1) is 5.92 Å². The van der Waals surface area contributed by atoms with Gasteiger partial charge in [0, 0.05) is 50.5 Å². The third kappa shape index (κ3) is 5.94. The van der Waals surface area contributed by atoms with Gasteiger partial charge in [-0.25, -0.2) is 4.68 Å². The summed E-state index contributed by atoms with van der Waals surface area (Å²) in [6, 6.07) is 8.46. The Balaban J connectivity index is 1.49. The van der Waals surface area contributed by atoms with Gasteiger partial charge in [-0.2, -0.15) is 5.10 Å². The number of rotatable bonds is 9. The highest BCUT2D eigenvalue weighted by Gasteiger charge is 2.29. The molecule has 9 heteroatoms. The molecule has 2 aromatic rings. The van der Waals surface area contributed by atoms with Gasteiger partial charge in [-0.05, 0) is 43.8 Å². The van der Waals surface area contributed by atoms with Crippen molar-refractivity contribution in [2.45, 2.75) is 20.3 Å². The van der Waals surface area contributed by atoms with E-state index in [9.17, 15) is 14.4 Å². The molecule has 3 rings (SSSR count). The number of carbonyl (C=O) groups is 2. The van der Waals surface area contributed by atoms with Crippen LogP contribution in [-0.4, -0.2) is 65.8 Å². The van der Waals surface area contributed by atoms with Gasteiger partial charge in [-0.15, -0.1) is 0 Å². The fourth-order valence-corrected chi connectivity index (χ4v) is 3.76. The number of aryl methyl sites for hydroxylation is 1. The summed E-state index contributed by atoms with van der Waals surface area (Å²) in [5.74, 6) is -0.369. The predicted octanol–water partition coefficient (Wildman–Crippen LogP) is 1.32. The molecule has 1 aromatic carbocycles. The van der Waals surface area contributed by atoms with Crippen LogP contribution < -0.4 is 21.1 Å². The number of benzene rings is 1. The van der Waals surface area contributed by atoms with Crippen LogP contribution in [0.1, 0.15) is 30.6 Å². The largest absolute Gasteiger partial charge is 0.369 e. The van der Waals surface area contributed by atoms with E-state index >= 15 is 0 Å². The predicted molar refractivity (Wildman–Crippen MR) is 125 cm³/mol. The Kier molecular flexibility index (Phi) is 7.99. The van der Waals surface area contributed by atoms with Crippen molar-refractivity contribution >= 4 is 23.2 Å². The zero-order valence-corrected chi connectivity index (χ0v) is 19.0. The SMILES string of the molecule is CCN(CC)CCNC(=O)c1ccc(NC(=O)C2CCN(c3cnn(C)c(=O)c3)C2)cc1. The monoisotopic (exact) mass is 440 g/mol. The lowest BCUT2D eigenvalue weighted by Crippen LogP contribution is -2.34. The second-order valence-corrected chi connectivity index (χ2v) is 7.96. The number of nitrogens with one attached hydrogen (secondary N) is 2. The zero-order chi connectivity index (χ0) is 23.1. The molecule has 1 saturated heterocycles. The highest BCUT2D eigenvalue weighted by molar-refractivity contribution is 5.96. The lowest BCUT2D eigenvalue weighted by molar-refractivity contribution is -0.119. The molecule has 1 aliphatic rings. The van der Waals surface area contributed by atoms with E-state index in [-0.39, 0.29) is 23.3 Å². The van der Waals surface area contributed by atoms with Crippen molar-refractivity contribution in [3.8, 4) is 0 Å². The van der Waals surface area contributed by atoms with Gasteiger partial charge in [0.25, 0.3) is 11.5 Å². The van der Waals surface area contributed by atoms with E-state index in [4.69, 9.17) is 0 Å². The molecule has 2 N–H and O–H groups in total. The summed E-state index contributed by atoms with van der Waals surface area (Å²) < 4.78 is 1.28.